The zero-order valence-corrected chi connectivity index (χ0v) is 15.1. The van der Waals surface area contributed by atoms with E-state index in [0.29, 0.717) is 36.3 Å². The number of hydrogen-bond donors (Lipinski definition) is 0. The zero-order valence-electron chi connectivity index (χ0n) is 15.1. The van der Waals surface area contributed by atoms with Crippen LogP contribution in [0.4, 0.5) is 0 Å². The van der Waals surface area contributed by atoms with Crippen molar-refractivity contribution < 1.29 is 4.52 Å². The van der Waals surface area contributed by atoms with E-state index in [1.165, 1.54) is 22.0 Å². The Balaban J connectivity index is 1.61. The first-order valence-electron chi connectivity index (χ1n) is 9.18. The Morgan fingerprint density at radius 2 is 2.12 bits per heavy atom. The van der Waals surface area contributed by atoms with E-state index in [-0.39, 0.29) is 11.2 Å². The molecule has 3 heterocycles. The predicted octanol–water partition coefficient (Wildman–Crippen LogP) is 1.49. The van der Waals surface area contributed by atoms with E-state index in [0.717, 1.165) is 24.4 Å². The lowest BCUT2D eigenvalue weighted by Crippen LogP contribution is -2.39. The van der Waals surface area contributed by atoms with Gasteiger partial charge in [-0.2, -0.15) is 5.10 Å². The van der Waals surface area contributed by atoms with Crippen LogP contribution in [0.15, 0.2) is 26.4 Å². The Hall–Kier alpha value is -2.64. The molecule has 0 atom stereocenters. The topological polar surface area (TPSA) is 87.9 Å². The summed E-state index contributed by atoms with van der Waals surface area (Å²) in [5, 5.41) is 8.31. The van der Waals surface area contributed by atoms with Gasteiger partial charge in [0.2, 0.25) is 0 Å². The number of aromatic nitrogens is 5. The summed E-state index contributed by atoms with van der Waals surface area (Å²) in [5.41, 5.74) is 1.47. The maximum Gasteiger partial charge on any atom is 0.331 e. The molecule has 0 radical (unpaired) electrons. The molecule has 3 aromatic rings. The third kappa shape index (κ3) is 3.00. The molecule has 138 valence electrons. The first-order chi connectivity index (χ1) is 12.6. The second-order valence-corrected chi connectivity index (χ2v) is 7.04. The van der Waals surface area contributed by atoms with Crippen LogP contribution in [-0.4, -0.2) is 24.1 Å². The molecule has 8 nitrogen and oxygen atoms in total. The third-order valence-electron chi connectivity index (χ3n) is 5.05. The van der Waals surface area contributed by atoms with Crippen LogP contribution in [-0.2, 0) is 33.0 Å². The summed E-state index contributed by atoms with van der Waals surface area (Å²) in [7, 11) is 1.69. The normalized spacial score (nSPS) is 14.4. The molecule has 1 fully saturated rings. The van der Waals surface area contributed by atoms with Gasteiger partial charge in [0.05, 0.1) is 17.4 Å². The fourth-order valence-corrected chi connectivity index (χ4v) is 3.27. The lowest BCUT2D eigenvalue weighted by Gasteiger charge is -2.09. The molecule has 0 bridgehead atoms. The number of rotatable bonds is 7. The van der Waals surface area contributed by atoms with Crippen LogP contribution in [0.5, 0.6) is 0 Å². The third-order valence-corrected chi connectivity index (χ3v) is 5.05. The Morgan fingerprint density at radius 3 is 2.81 bits per heavy atom. The van der Waals surface area contributed by atoms with E-state index in [2.05, 4.69) is 10.3 Å². The molecule has 0 saturated heterocycles. The highest BCUT2D eigenvalue weighted by Crippen LogP contribution is 2.30. The van der Waals surface area contributed by atoms with Gasteiger partial charge in [-0.15, -0.1) is 0 Å². The van der Waals surface area contributed by atoms with Crippen molar-refractivity contribution in [3.8, 4) is 0 Å². The Labute approximate surface area is 150 Å². The lowest BCUT2D eigenvalue weighted by atomic mass is 10.2. The van der Waals surface area contributed by atoms with E-state index >= 15 is 0 Å². The average Bonchev–Trinajstić information content (AvgIpc) is 3.17. The van der Waals surface area contributed by atoms with Crippen LogP contribution in [0.25, 0.3) is 11.0 Å². The number of nitrogens with zero attached hydrogens (tertiary/aromatic N) is 5. The summed E-state index contributed by atoms with van der Waals surface area (Å²) in [6, 6.07) is 1.93. The summed E-state index contributed by atoms with van der Waals surface area (Å²) in [5.74, 6) is 1.38. The van der Waals surface area contributed by atoms with E-state index in [9.17, 15) is 9.59 Å². The molecule has 0 amide bonds. The SMILES string of the molecule is CCc1cc(CCCn2c(=O)c3c(cnn3CC3CC3)n(C)c2=O)on1. The lowest BCUT2D eigenvalue weighted by molar-refractivity contribution is 0.371. The van der Waals surface area contributed by atoms with Crippen LogP contribution in [0, 0.1) is 5.92 Å². The standard InChI is InChI=1S/C18H23N5O3/c1-3-13-9-14(26-20-13)5-4-8-22-17(24)16-15(21(2)18(22)25)10-19-23(16)11-12-6-7-12/h9-10,12H,3-8,11H2,1-2H3. The van der Waals surface area contributed by atoms with Gasteiger partial charge in [-0.05, 0) is 31.6 Å². The first-order valence-corrected chi connectivity index (χ1v) is 9.18. The van der Waals surface area contributed by atoms with Crippen molar-refractivity contribution in [2.24, 2.45) is 13.0 Å². The minimum absolute atomic E-state index is 0.256. The summed E-state index contributed by atoms with van der Waals surface area (Å²) < 4.78 is 9.85. The van der Waals surface area contributed by atoms with Crippen molar-refractivity contribution in [1.82, 2.24) is 24.1 Å². The first kappa shape index (κ1) is 16.8. The van der Waals surface area contributed by atoms with E-state index in [1.807, 2.05) is 13.0 Å². The minimum atomic E-state index is -0.305. The molecule has 0 N–H and O–H groups in total. The smallest absolute Gasteiger partial charge is 0.331 e. The molecule has 4 rings (SSSR count). The molecular weight excluding hydrogens is 334 g/mol. The van der Waals surface area contributed by atoms with Crippen molar-refractivity contribution in [2.75, 3.05) is 0 Å². The summed E-state index contributed by atoms with van der Waals surface area (Å²) in [4.78, 5) is 25.5. The van der Waals surface area contributed by atoms with Crippen LogP contribution in [0.3, 0.4) is 0 Å². The van der Waals surface area contributed by atoms with E-state index < -0.39 is 0 Å². The van der Waals surface area contributed by atoms with Gasteiger partial charge >= 0.3 is 5.69 Å². The van der Waals surface area contributed by atoms with Crippen LogP contribution in [0.2, 0.25) is 0 Å². The van der Waals surface area contributed by atoms with Gasteiger partial charge in [-0.25, -0.2) is 4.79 Å². The molecule has 0 aliphatic heterocycles. The van der Waals surface area contributed by atoms with E-state index in [4.69, 9.17) is 4.52 Å². The monoisotopic (exact) mass is 357 g/mol. The number of fused-ring (bicyclic) bond motifs is 1. The largest absolute Gasteiger partial charge is 0.361 e. The fraction of sp³-hybridized carbons (Fsp3) is 0.556. The molecule has 1 aliphatic carbocycles. The quantitative estimate of drug-likeness (QED) is 0.639. The van der Waals surface area contributed by atoms with Gasteiger partial charge in [-0.1, -0.05) is 12.1 Å². The molecule has 3 aromatic heterocycles. The highest BCUT2D eigenvalue weighted by atomic mass is 16.5. The van der Waals surface area contributed by atoms with Crippen molar-refractivity contribution in [3.63, 3.8) is 0 Å². The number of aryl methyl sites for hydroxylation is 3. The van der Waals surface area contributed by atoms with Crippen molar-refractivity contribution in [2.45, 2.75) is 52.1 Å². The average molecular weight is 357 g/mol. The van der Waals surface area contributed by atoms with Crippen molar-refractivity contribution in [3.05, 3.63) is 44.6 Å². The zero-order chi connectivity index (χ0) is 18.3. The van der Waals surface area contributed by atoms with Crippen LogP contribution in [0.1, 0.15) is 37.6 Å². The van der Waals surface area contributed by atoms with Gasteiger partial charge in [0, 0.05) is 32.6 Å². The molecule has 0 unspecified atom stereocenters. The van der Waals surface area contributed by atoms with Gasteiger partial charge in [-0.3, -0.25) is 18.6 Å². The molecule has 0 spiro atoms. The maximum atomic E-state index is 12.9. The van der Waals surface area contributed by atoms with E-state index in [1.54, 1.807) is 17.9 Å². The van der Waals surface area contributed by atoms with Crippen molar-refractivity contribution in [1.29, 1.82) is 0 Å². The summed E-state index contributed by atoms with van der Waals surface area (Å²) >= 11 is 0. The Bertz CT molecular complexity index is 1050. The molecule has 26 heavy (non-hydrogen) atoms. The van der Waals surface area contributed by atoms with Gasteiger partial charge < -0.3 is 4.52 Å². The number of hydrogen-bond acceptors (Lipinski definition) is 5. The summed E-state index contributed by atoms with van der Waals surface area (Å²) in [6.07, 6.45) is 6.07. The van der Waals surface area contributed by atoms with Crippen molar-refractivity contribution >= 4 is 11.0 Å². The molecule has 1 saturated carbocycles. The molecule has 8 heteroatoms. The molecule has 1 aliphatic rings. The maximum absolute atomic E-state index is 12.9. The van der Waals surface area contributed by atoms with Gasteiger partial charge in [0.1, 0.15) is 5.76 Å². The second kappa shape index (κ2) is 6.59. The second-order valence-electron chi connectivity index (χ2n) is 7.04. The highest BCUT2D eigenvalue weighted by Gasteiger charge is 2.24. The van der Waals surface area contributed by atoms with Crippen LogP contribution < -0.4 is 11.2 Å². The Morgan fingerprint density at radius 1 is 1.31 bits per heavy atom. The van der Waals surface area contributed by atoms with Crippen LogP contribution >= 0.6 is 0 Å². The molecule has 0 aromatic carbocycles. The highest BCUT2D eigenvalue weighted by molar-refractivity contribution is 5.73. The Kier molecular flexibility index (Phi) is 4.26. The fourth-order valence-electron chi connectivity index (χ4n) is 3.27. The predicted molar refractivity (Wildman–Crippen MR) is 96.2 cm³/mol. The minimum Gasteiger partial charge on any atom is -0.361 e. The molecular formula is C18H23N5O3. The summed E-state index contributed by atoms with van der Waals surface area (Å²) in [6.45, 7) is 3.11. The van der Waals surface area contributed by atoms with Gasteiger partial charge in [0.15, 0.2) is 5.52 Å². The van der Waals surface area contributed by atoms with Gasteiger partial charge in [0.25, 0.3) is 5.56 Å².